The maximum atomic E-state index is 13.9. The number of hydrogen-bond donors (Lipinski definition) is 1. The van der Waals surface area contributed by atoms with Crippen LogP contribution in [0.25, 0.3) is 6.08 Å². The SMILES string of the molecule is C[C@@H](NC(=O)/C(C#N)=C\c1cc(I)c(OCc2ccccc2F)c(I)c1)c1ccccc1. The first-order valence-electron chi connectivity index (χ1n) is 9.72. The number of nitrogens with one attached hydrogen (secondary N) is 1. The summed E-state index contributed by atoms with van der Waals surface area (Å²) in [5.41, 5.74) is 2.15. The normalized spacial score (nSPS) is 12.0. The topological polar surface area (TPSA) is 62.1 Å². The lowest BCUT2D eigenvalue weighted by molar-refractivity contribution is -0.117. The molecule has 3 rings (SSSR count). The molecule has 4 nitrogen and oxygen atoms in total. The smallest absolute Gasteiger partial charge is 0.262 e. The van der Waals surface area contributed by atoms with Crippen molar-refractivity contribution < 1.29 is 13.9 Å². The van der Waals surface area contributed by atoms with Gasteiger partial charge in [-0.25, -0.2) is 4.39 Å². The Morgan fingerprint density at radius 1 is 1.12 bits per heavy atom. The van der Waals surface area contributed by atoms with Crippen molar-refractivity contribution in [2.45, 2.75) is 19.6 Å². The van der Waals surface area contributed by atoms with E-state index in [0.717, 1.165) is 12.7 Å². The average molecular weight is 652 g/mol. The highest BCUT2D eigenvalue weighted by Gasteiger charge is 2.15. The highest BCUT2D eigenvalue weighted by molar-refractivity contribution is 14.1. The van der Waals surface area contributed by atoms with Gasteiger partial charge in [-0.15, -0.1) is 0 Å². The van der Waals surface area contributed by atoms with E-state index in [0.29, 0.717) is 16.9 Å². The zero-order valence-electron chi connectivity index (χ0n) is 17.1. The fourth-order valence-electron chi connectivity index (χ4n) is 2.98. The predicted octanol–water partition coefficient (Wildman–Crippen LogP) is 6.40. The van der Waals surface area contributed by atoms with E-state index < -0.39 is 5.91 Å². The number of nitrogens with zero attached hydrogens (tertiary/aromatic N) is 1. The van der Waals surface area contributed by atoms with Crippen LogP contribution >= 0.6 is 45.2 Å². The van der Waals surface area contributed by atoms with Crippen LogP contribution in [0.2, 0.25) is 0 Å². The van der Waals surface area contributed by atoms with Gasteiger partial charge in [0.05, 0.1) is 13.2 Å². The van der Waals surface area contributed by atoms with Gasteiger partial charge in [0.1, 0.15) is 29.8 Å². The molecule has 0 bridgehead atoms. The third kappa shape index (κ3) is 6.29. The predicted molar refractivity (Wildman–Crippen MR) is 139 cm³/mol. The zero-order chi connectivity index (χ0) is 23.1. The van der Waals surface area contributed by atoms with Gasteiger partial charge in [-0.1, -0.05) is 48.5 Å². The number of nitriles is 1. The minimum absolute atomic E-state index is 0.0133. The van der Waals surface area contributed by atoms with E-state index >= 15 is 0 Å². The largest absolute Gasteiger partial charge is 0.487 e. The Morgan fingerprint density at radius 2 is 1.75 bits per heavy atom. The number of carbonyl (C=O) groups excluding carboxylic acids is 1. The Morgan fingerprint density at radius 3 is 2.38 bits per heavy atom. The summed E-state index contributed by atoms with van der Waals surface area (Å²) in [5, 5.41) is 12.4. The Labute approximate surface area is 213 Å². The first-order valence-corrected chi connectivity index (χ1v) is 11.9. The molecule has 7 heteroatoms. The standard InChI is InChI=1S/C25H19FI2N2O2/c1-16(18-7-3-2-4-8-18)30-25(31)20(14-29)11-17-12-22(27)24(23(28)13-17)32-15-19-9-5-6-10-21(19)26/h2-13,16H,15H2,1H3,(H,30,31)/b20-11-/t16-/m1/s1. The summed E-state index contributed by atoms with van der Waals surface area (Å²) in [6.45, 7) is 1.98. The molecule has 0 aliphatic rings. The molecule has 32 heavy (non-hydrogen) atoms. The molecular weight excluding hydrogens is 633 g/mol. The average Bonchev–Trinajstić information content (AvgIpc) is 2.78. The van der Waals surface area contributed by atoms with E-state index in [2.05, 4.69) is 50.5 Å². The van der Waals surface area contributed by atoms with Crippen LogP contribution in [0.4, 0.5) is 4.39 Å². The van der Waals surface area contributed by atoms with Crippen molar-refractivity contribution in [3.05, 3.63) is 102 Å². The molecule has 1 atom stereocenters. The second-order valence-electron chi connectivity index (χ2n) is 6.97. The Hall–Kier alpha value is -2.45. The van der Waals surface area contributed by atoms with Crippen LogP contribution < -0.4 is 10.1 Å². The summed E-state index contributed by atoms with van der Waals surface area (Å²) in [6, 6.07) is 21.4. The molecule has 1 amide bonds. The lowest BCUT2D eigenvalue weighted by Crippen LogP contribution is -2.27. The molecule has 0 aliphatic heterocycles. The summed E-state index contributed by atoms with van der Waals surface area (Å²) in [5.74, 6) is -0.118. The number of carbonyl (C=O) groups is 1. The molecule has 0 saturated carbocycles. The van der Waals surface area contributed by atoms with Crippen molar-refractivity contribution in [2.75, 3.05) is 0 Å². The summed E-state index contributed by atoms with van der Waals surface area (Å²) in [6.07, 6.45) is 1.55. The van der Waals surface area contributed by atoms with Crippen LogP contribution in [0.3, 0.4) is 0 Å². The molecule has 0 aliphatic carbocycles. The number of rotatable bonds is 7. The minimum atomic E-state index is -0.436. The number of benzene rings is 3. The summed E-state index contributed by atoms with van der Waals surface area (Å²) in [7, 11) is 0. The lowest BCUT2D eigenvalue weighted by Gasteiger charge is -2.14. The highest BCUT2D eigenvalue weighted by atomic mass is 127. The van der Waals surface area contributed by atoms with Crippen molar-refractivity contribution in [2.24, 2.45) is 0 Å². The quantitative estimate of drug-likeness (QED) is 0.183. The van der Waals surface area contributed by atoms with Gasteiger partial charge in [0.2, 0.25) is 0 Å². The monoisotopic (exact) mass is 652 g/mol. The third-order valence-corrected chi connectivity index (χ3v) is 6.28. The molecule has 162 valence electrons. The van der Waals surface area contributed by atoms with E-state index in [9.17, 15) is 14.4 Å². The number of hydrogen-bond acceptors (Lipinski definition) is 3. The van der Waals surface area contributed by atoms with E-state index in [1.165, 1.54) is 6.07 Å². The molecule has 0 unspecified atom stereocenters. The Kier molecular flexibility index (Phi) is 8.64. The second kappa shape index (κ2) is 11.4. The first kappa shape index (κ1) is 24.2. The summed E-state index contributed by atoms with van der Waals surface area (Å²) in [4.78, 5) is 12.6. The fourth-order valence-corrected chi connectivity index (χ4v) is 5.11. The van der Waals surface area contributed by atoms with Crippen LogP contribution in [0.1, 0.15) is 29.7 Å². The van der Waals surface area contributed by atoms with Gasteiger partial charge in [-0.05, 0) is 87.5 Å². The van der Waals surface area contributed by atoms with Gasteiger partial charge in [0, 0.05) is 5.56 Å². The van der Waals surface area contributed by atoms with Gasteiger partial charge in [0.15, 0.2) is 0 Å². The van der Waals surface area contributed by atoms with E-state index in [4.69, 9.17) is 4.74 Å². The number of halogens is 3. The maximum Gasteiger partial charge on any atom is 0.262 e. The molecule has 0 spiro atoms. The summed E-state index contributed by atoms with van der Waals surface area (Å²) < 4.78 is 21.3. The van der Waals surface area contributed by atoms with Crippen molar-refractivity contribution in [3.63, 3.8) is 0 Å². The van der Waals surface area contributed by atoms with Gasteiger partial charge in [0.25, 0.3) is 5.91 Å². The summed E-state index contributed by atoms with van der Waals surface area (Å²) >= 11 is 4.26. The Bertz CT molecular complexity index is 1170. The zero-order valence-corrected chi connectivity index (χ0v) is 21.4. The molecule has 3 aromatic carbocycles. The maximum absolute atomic E-state index is 13.9. The van der Waals surface area contributed by atoms with Gasteiger partial charge in [-0.2, -0.15) is 5.26 Å². The number of ether oxygens (including phenoxy) is 1. The van der Waals surface area contributed by atoms with Crippen molar-refractivity contribution in [1.29, 1.82) is 5.26 Å². The van der Waals surface area contributed by atoms with Crippen molar-refractivity contribution in [1.82, 2.24) is 5.32 Å². The van der Waals surface area contributed by atoms with E-state index in [1.54, 1.807) is 24.3 Å². The van der Waals surface area contributed by atoms with Crippen LogP contribution in [0, 0.1) is 24.3 Å². The molecule has 0 heterocycles. The van der Waals surface area contributed by atoms with Crippen LogP contribution in [0.15, 0.2) is 72.3 Å². The van der Waals surface area contributed by atoms with Crippen LogP contribution in [-0.4, -0.2) is 5.91 Å². The van der Waals surface area contributed by atoms with Gasteiger partial charge < -0.3 is 10.1 Å². The fraction of sp³-hybridized carbons (Fsp3) is 0.120. The Balaban J connectivity index is 1.75. The van der Waals surface area contributed by atoms with Crippen molar-refractivity contribution in [3.8, 4) is 11.8 Å². The molecule has 0 fully saturated rings. The third-order valence-electron chi connectivity index (χ3n) is 4.67. The molecule has 0 radical (unpaired) electrons. The van der Waals surface area contributed by atoms with Crippen molar-refractivity contribution >= 4 is 57.2 Å². The van der Waals surface area contributed by atoms with Crippen LogP contribution in [0.5, 0.6) is 5.75 Å². The molecule has 0 aromatic heterocycles. The molecule has 0 saturated heterocycles. The minimum Gasteiger partial charge on any atom is -0.487 e. The first-order chi connectivity index (χ1) is 15.4. The second-order valence-corrected chi connectivity index (χ2v) is 9.29. The van der Waals surface area contributed by atoms with Gasteiger partial charge in [-0.3, -0.25) is 4.79 Å². The highest BCUT2D eigenvalue weighted by Crippen LogP contribution is 2.31. The molecular formula is C25H19FI2N2O2. The van der Waals surface area contributed by atoms with E-state index in [-0.39, 0.29) is 24.0 Å². The van der Waals surface area contributed by atoms with E-state index in [1.807, 2.05) is 55.5 Å². The number of amides is 1. The molecule has 1 N–H and O–H groups in total. The van der Waals surface area contributed by atoms with Crippen LogP contribution in [-0.2, 0) is 11.4 Å². The lowest BCUT2D eigenvalue weighted by atomic mass is 10.1. The molecule has 3 aromatic rings. The van der Waals surface area contributed by atoms with Gasteiger partial charge >= 0.3 is 0 Å².